The van der Waals surface area contributed by atoms with Crippen LogP contribution in [0, 0.1) is 0 Å². The van der Waals surface area contributed by atoms with Gasteiger partial charge in [0, 0.05) is 46.6 Å². The molecule has 5 heteroatoms. The van der Waals surface area contributed by atoms with Gasteiger partial charge in [0.15, 0.2) is 0 Å². The molecule has 1 aliphatic rings. The SMILES string of the molecule is O=C(Nc1ccc(N2CCSCC2)cc1)c1ccc(Cl)cc1. The van der Waals surface area contributed by atoms with Crippen LogP contribution in [-0.4, -0.2) is 30.5 Å². The summed E-state index contributed by atoms with van der Waals surface area (Å²) in [5.41, 5.74) is 2.61. The number of halogens is 1. The van der Waals surface area contributed by atoms with E-state index in [0.717, 1.165) is 18.8 Å². The van der Waals surface area contributed by atoms with Crippen LogP contribution in [0.1, 0.15) is 10.4 Å². The zero-order valence-electron chi connectivity index (χ0n) is 12.1. The maximum Gasteiger partial charge on any atom is 0.255 e. The summed E-state index contributed by atoms with van der Waals surface area (Å²) in [7, 11) is 0. The van der Waals surface area contributed by atoms with Gasteiger partial charge in [-0.2, -0.15) is 11.8 Å². The molecule has 0 radical (unpaired) electrons. The minimum absolute atomic E-state index is 0.126. The number of carbonyl (C=O) groups is 1. The minimum atomic E-state index is -0.126. The first-order valence-corrected chi connectivity index (χ1v) is 8.75. The van der Waals surface area contributed by atoms with Gasteiger partial charge in [-0.1, -0.05) is 11.6 Å². The van der Waals surface area contributed by atoms with Crippen molar-refractivity contribution in [3.8, 4) is 0 Å². The minimum Gasteiger partial charge on any atom is -0.370 e. The van der Waals surface area contributed by atoms with E-state index in [0.29, 0.717) is 10.6 Å². The zero-order valence-corrected chi connectivity index (χ0v) is 13.7. The van der Waals surface area contributed by atoms with Crippen LogP contribution in [-0.2, 0) is 0 Å². The molecule has 0 bridgehead atoms. The molecule has 0 atom stereocenters. The quantitative estimate of drug-likeness (QED) is 0.916. The summed E-state index contributed by atoms with van der Waals surface area (Å²) in [4.78, 5) is 14.5. The van der Waals surface area contributed by atoms with Gasteiger partial charge in [0.05, 0.1) is 0 Å². The van der Waals surface area contributed by atoms with Crippen molar-refractivity contribution in [2.24, 2.45) is 0 Å². The van der Waals surface area contributed by atoms with Gasteiger partial charge < -0.3 is 10.2 Å². The van der Waals surface area contributed by atoms with Crippen LogP contribution in [0.25, 0.3) is 0 Å². The van der Waals surface area contributed by atoms with Gasteiger partial charge in [0.2, 0.25) is 0 Å². The highest BCUT2D eigenvalue weighted by atomic mass is 35.5. The second-order valence-corrected chi connectivity index (χ2v) is 6.77. The maximum atomic E-state index is 12.1. The number of thioether (sulfide) groups is 1. The molecule has 2 aromatic rings. The number of amides is 1. The second-order valence-electron chi connectivity index (χ2n) is 5.11. The molecule has 3 nitrogen and oxygen atoms in total. The molecule has 1 aliphatic heterocycles. The standard InChI is InChI=1S/C17H17ClN2OS/c18-14-3-1-13(2-4-14)17(21)19-15-5-7-16(8-6-15)20-9-11-22-12-10-20/h1-8H,9-12H2,(H,19,21). The third-order valence-electron chi connectivity index (χ3n) is 3.61. The average Bonchev–Trinajstić information content (AvgIpc) is 2.57. The summed E-state index contributed by atoms with van der Waals surface area (Å²) in [6.07, 6.45) is 0. The Balaban J connectivity index is 1.65. The fourth-order valence-electron chi connectivity index (χ4n) is 2.38. The summed E-state index contributed by atoms with van der Waals surface area (Å²) in [6, 6.07) is 14.9. The van der Waals surface area contributed by atoms with E-state index in [2.05, 4.69) is 22.3 Å². The number of rotatable bonds is 3. The highest BCUT2D eigenvalue weighted by Gasteiger charge is 2.11. The van der Waals surface area contributed by atoms with Crippen LogP contribution < -0.4 is 10.2 Å². The Morgan fingerprint density at radius 2 is 1.64 bits per heavy atom. The smallest absolute Gasteiger partial charge is 0.255 e. The van der Waals surface area contributed by atoms with Crippen LogP contribution in [0.15, 0.2) is 48.5 Å². The predicted octanol–water partition coefficient (Wildman–Crippen LogP) is 4.15. The van der Waals surface area contributed by atoms with Gasteiger partial charge in [-0.05, 0) is 48.5 Å². The molecule has 22 heavy (non-hydrogen) atoms. The summed E-state index contributed by atoms with van der Waals surface area (Å²) >= 11 is 7.83. The summed E-state index contributed by atoms with van der Waals surface area (Å²) in [5, 5.41) is 3.53. The molecule has 1 heterocycles. The highest BCUT2D eigenvalue weighted by molar-refractivity contribution is 7.99. The molecule has 114 valence electrons. The van der Waals surface area contributed by atoms with Gasteiger partial charge in [0.1, 0.15) is 0 Å². The van der Waals surface area contributed by atoms with E-state index in [1.54, 1.807) is 24.3 Å². The van der Waals surface area contributed by atoms with E-state index in [1.165, 1.54) is 17.2 Å². The number of carbonyl (C=O) groups excluding carboxylic acids is 1. The average molecular weight is 333 g/mol. The summed E-state index contributed by atoms with van der Waals surface area (Å²) in [5.74, 6) is 2.23. The molecule has 0 saturated carbocycles. The molecule has 0 unspecified atom stereocenters. The lowest BCUT2D eigenvalue weighted by atomic mass is 10.2. The molecule has 0 aromatic heterocycles. The Morgan fingerprint density at radius 1 is 1.00 bits per heavy atom. The fraction of sp³-hybridized carbons (Fsp3) is 0.235. The topological polar surface area (TPSA) is 32.3 Å². The van der Waals surface area contributed by atoms with Crippen LogP contribution in [0.4, 0.5) is 11.4 Å². The first kappa shape index (κ1) is 15.3. The molecule has 1 N–H and O–H groups in total. The predicted molar refractivity (Wildman–Crippen MR) is 95.4 cm³/mol. The molecule has 1 fully saturated rings. The van der Waals surface area contributed by atoms with Crippen molar-refractivity contribution in [2.75, 3.05) is 34.8 Å². The van der Waals surface area contributed by atoms with E-state index >= 15 is 0 Å². The molecular weight excluding hydrogens is 316 g/mol. The lowest BCUT2D eigenvalue weighted by Crippen LogP contribution is -2.32. The number of nitrogens with one attached hydrogen (secondary N) is 1. The molecule has 1 saturated heterocycles. The first-order valence-electron chi connectivity index (χ1n) is 7.22. The summed E-state index contributed by atoms with van der Waals surface area (Å²) in [6.45, 7) is 2.17. The molecule has 2 aromatic carbocycles. The van der Waals surface area contributed by atoms with E-state index < -0.39 is 0 Å². The number of anilines is 2. The van der Waals surface area contributed by atoms with Gasteiger partial charge in [-0.3, -0.25) is 4.79 Å². The molecule has 1 amide bonds. The third-order valence-corrected chi connectivity index (χ3v) is 4.80. The van der Waals surface area contributed by atoms with Crippen molar-refractivity contribution in [3.63, 3.8) is 0 Å². The van der Waals surface area contributed by atoms with Gasteiger partial charge in [-0.15, -0.1) is 0 Å². The van der Waals surface area contributed by atoms with Crippen LogP contribution in [0.5, 0.6) is 0 Å². The first-order chi connectivity index (χ1) is 10.7. The fourth-order valence-corrected chi connectivity index (χ4v) is 3.41. The molecule has 3 rings (SSSR count). The second kappa shape index (κ2) is 7.07. The summed E-state index contributed by atoms with van der Waals surface area (Å²) < 4.78 is 0. The highest BCUT2D eigenvalue weighted by Crippen LogP contribution is 2.22. The van der Waals surface area contributed by atoms with Crippen molar-refractivity contribution in [3.05, 3.63) is 59.1 Å². The van der Waals surface area contributed by atoms with Crippen LogP contribution in [0.2, 0.25) is 5.02 Å². The Morgan fingerprint density at radius 3 is 2.27 bits per heavy atom. The van der Waals surface area contributed by atoms with Crippen molar-refractivity contribution in [1.82, 2.24) is 0 Å². The normalized spacial score (nSPS) is 14.7. The maximum absolute atomic E-state index is 12.1. The Bertz CT molecular complexity index is 637. The molecular formula is C17H17ClN2OS. The Kier molecular flexibility index (Phi) is 4.90. The third kappa shape index (κ3) is 3.76. The van der Waals surface area contributed by atoms with Crippen molar-refractivity contribution >= 4 is 40.6 Å². The number of nitrogens with zero attached hydrogens (tertiary/aromatic N) is 1. The van der Waals surface area contributed by atoms with Crippen LogP contribution >= 0.6 is 23.4 Å². The van der Waals surface area contributed by atoms with Crippen LogP contribution in [0.3, 0.4) is 0 Å². The Labute approximate surface area is 139 Å². The van der Waals surface area contributed by atoms with Gasteiger partial charge in [-0.25, -0.2) is 0 Å². The number of hydrogen-bond donors (Lipinski definition) is 1. The lowest BCUT2D eigenvalue weighted by molar-refractivity contribution is 0.102. The molecule has 0 aliphatic carbocycles. The lowest BCUT2D eigenvalue weighted by Gasteiger charge is -2.28. The van der Waals surface area contributed by atoms with E-state index in [1.807, 2.05) is 23.9 Å². The van der Waals surface area contributed by atoms with Crippen molar-refractivity contribution < 1.29 is 4.79 Å². The van der Waals surface area contributed by atoms with Gasteiger partial charge >= 0.3 is 0 Å². The zero-order chi connectivity index (χ0) is 15.4. The van der Waals surface area contributed by atoms with E-state index in [-0.39, 0.29) is 5.91 Å². The number of benzene rings is 2. The van der Waals surface area contributed by atoms with Crippen molar-refractivity contribution in [1.29, 1.82) is 0 Å². The molecule has 0 spiro atoms. The van der Waals surface area contributed by atoms with Crippen molar-refractivity contribution in [2.45, 2.75) is 0 Å². The van der Waals surface area contributed by atoms with E-state index in [9.17, 15) is 4.79 Å². The number of hydrogen-bond acceptors (Lipinski definition) is 3. The van der Waals surface area contributed by atoms with E-state index in [4.69, 9.17) is 11.6 Å². The monoisotopic (exact) mass is 332 g/mol. The van der Waals surface area contributed by atoms with Gasteiger partial charge in [0.25, 0.3) is 5.91 Å². The Hall–Kier alpha value is -1.65. The largest absolute Gasteiger partial charge is 0.370 e.